The first-order chi connectivity index (χ1) is 13.5. The van der Waals surface area contributed by atoms with E-state index in [0.717, 1.165) is 23.3 Å². The molecule has 0 atom stereocenters. The van der Waals surface area contributed by atoms with Gasteiger partial charge in [0.15, 0.2) is 0 Å². The third kappa shape index (κ3) is 5.01. The van der Waals surface area contributed by atoms with Crippen LogP contribution in [0.2, 0.25) is 0 Å². The summed E-state index contributed by atoms with van der Waals surface area (Å²) >= 11 is 0. The van der Waals surface area contributed by atoms with Gasteiger partial charge in [0.2, 0.25) is 0 Å². The highest BCUT2D eigenvalue weighted by molar-refractivity contribution is 5.94. The van der Waals surface area contributed by atoms with Crippen LogP contribution in [0.4, 0.5) is 8.78 Å². The normalized spacial score (nSPS) is 10.4. The van der Waals surface area contributed by atoms with Crippen molar-refractivity contribution in [3.8, 4) is 16.9 Å². The minimum atomic E-state index is -0.960. The summed E-state index contributed by atoms with van der Waals surface area (Å²) in [6.07, 6.45) is -0.0883. The monoisotopic (exact) mass is 381 g/mol. The zero-order valence-electron chi connectivity index (χ0n) is 14.8. The minimum Gasteiger partial charge on any atom is -0.426 e. The number of rotatable bonds is 6. The summed E-state index contributed by atoms with van der Waals surface area (Å²) in [7, 11) is 0. The zero-order valence-corrected chi connectivity index (χ0v) is 14.8. The SMILES string of the molecule is O=C(CCNC(=O)c1ccc(F)cc1F)Oc1ccc(-c2ccccc2)cc1. The highest BCUT2D eigenvalue weighted by Crippen LogP contribution is 2.22. The van der Waals surface area contributed by atoms with Crippen molar-refractivity contribution in [1.29, 1.82) is 0 Å². The van der Waals surface area contributed by atoms with Gasteiger partial charge in [-0.25, -0.2) is 8.78 Å². The van der Waals surface area contributed by atoms with Crippen LogP contribution in [0.25, 0.3) is 11.1 Å². The fourth-order valence-corrected chi connectivity index (χ4v) is 2.58. The largest absolute Gasteiger partial charge is 0.426 e. The molecule has 6 heteroatoms. The Morgan fingerprint density at radius 1 is 0.857 bits per heavy atom. The number of benzene rings is 3. The first-order valence-corrected chi connectivity index (χ1v) is 8.62. The lowest BCUT2D eigenvalue weighted by atomic mass is 10.1. The molecule has 3 rings (SSSR count). The Morgan fingerprint density at radius 3 is 2.21 bits per heavy atom. The molecular weight excluding hydrogens is 364 g/mol. The summed E-state index contributed by atoms with van der Waals surface area (Å²) in [5.74, 6) is -2.60. The summed E-state index contributed by atoms with van der Waals surface area (Å²) in [4.78, 5) is 23.8. The second-order valence-corrected chi connectivity index (χ2v) is 5.99. The minimum absolute atomic E-state index is 0.0312. The highest BCUT2D eigenvalue weighted by atomic mass is 19.1. The highest BCUT2D eigenvalue weighted by Gasteiger charge is 2.13. The van der Waals surface area contributed by atoms with E-state index in [4.69, 9.17) is 4.74 Å². The molecule has 0 fully saturated rings. The number of ether oxygens (including phenoxy) is 1. The fraction of sp³-hybridized carbons (Fsp3) is 0.0909. The molecule has 0 bridgehead atoms. The van der Waals surface area contributed by atoms with Gasteiger partial charge in [0.25, 0.3) is 5.91 Å². The summed E-state index contributed by atoms with van der Waals surface area (Å²) in [5.41, 5.74) is 1.76. The molecule has 0 aliphatic rings. The van der Waals surface area contributed by atoms with Crippen molar-refractivity contribution in [1.82, 2.24) is 5.32 Å². The molecule has 0 aromatic heterocycles. The lowest BCUT2D eigenvalue weighted by Gasteiger charge is -2.08. The van der Waals surface area contributed by atoms with Crippen molar-refractivity contribution in [2.75, 3.05) is 6.54 Å². The Balaban J connectivity index is 1.48. The molecule has 1 amide bonds. The summed E-state index contributed by atoms with van der Waals surface area (Å²) < 4.78 is 31.6. The quantitative estimate of drug-likeness (QED) is 0.510. The van der Waals surface area contributed by atoms with Crippen LogP contribution in [0.3, 0.4) is 0 Å². The van der Waals surface area contributed by atoms with Crippen molar-refractivity contribution >= 4 is 11.9 Å². The van der Waals surface area contributed by atoms with Gasteiger partial charge >= 0.3 is 5.97 Å². The second-order valence-electron chi connectivity index (χ2n) is 5.99. The lowest BCUT2D eigenvalue weighted by Crippen LogP contribution is -2.27. The van der Waals surface area contributed by atoms with Gasteiger partial charge < -0.3 is 10.1 Å². The van der Waals surface area contributed by atoms with Gasteiger partial charge in [0, 0.05) is 12.6 Å². The summed E-state index contributed by atoms with van der Waals surface area (Å²) in [6.45, 7) is -0.0312. The first kappa shape index (κ1) is 19.2. The van der Waals surface area contributed by atoms with E-state index in [1.807, 2.05) is 42.5 Å². The van der Waals surface area contributed by atoms with Crippen LogP contribution in [0.1, 0.15) is 16.8 Å². The van der Waals surface area contributed by atoms with E-state index in [-0.39, 0.29) is 18.5 Å². The molecule has 0 saturated heterocycles. The van der Waals surface area contributed by atoms with Crippen molar-refractivity contribution in [3.63, 3.8) is 0 Å². The van der Waals surface area contributed by atoms with Crippen molar-refractivity contribution < 1.29 is 23.1 Å². The summed E-state index contributed by atoms with van der Waals surface area (Å²) in [5, 5.41) is 2.40. The second kappa shape index (κ2) is 8.90. The van der Waals surface area contributed by atoms with E-state index in [1.165, 1.54) is 0 Å². The van der Waals surface area contributed by atoms with Crippen LogP contribution in [0.15, 0.2) is 72.8 Å². The predicted octanol–water partition coefficient (Wildman–Crippen LogP) is 4.36. The number of hydrogen-bond acceptors (Lipinski definition) is 3. The number of nitrogens with one attached hydrogen (secondary N) is 1. The van der Waals surface area contributed by atoms with E-state index in [1.54, 1.807) is 12.1 Å². The van der Waals surface area contributed by atoms with Crippen molar-refractivity contribution in [2.24, 2.45) is 0 Å². The van der Waals surface area contributed by atoms with Crippen molar-refractivity contribution in [3.05, 3.63) is 90.0 Å². The number of carbonyl (C=O) groups is 2. The Morgan fingerprint density at radius 2 is 1.54 bits per heavy atom. The molecule has 0 aliphatic carbocycles. The smallest absolute Gasteiger partial charge is 0.312 e. The van der Waals surface area contributed by atoms with Gasteiger partial charge in [-0.05, 0) is 35.4 Å². The maximum Gasteiger partial charge on any atom is 0.312 e. The van der Waals surface area contributed by atoms with Gasteiger partial charge in [0.1, 0.15) is 17.4 Å². The maximum absolute atomic E-state index is 13.5. The van der Waals surface area contributed by atoms with E-state index in [0.29, 0.717) is 11.8 Å². The lowest BCUT2D eigenvalue weighted by molar-refractivity contribution is -0.134. The summed E-state index contributed by atoms with van der Waals surface area (Å²) in [6, 6.07) is 19.5. The number of carbonyl (C=O) groups excluding carboxylic acids is 2. The van der Waals surface area contributed by atoms with Crippen LogP contribution in [-0.4, -0.2) is 18.4 Å². The predicted molar refractivity (Wildman–Crippen MR) is 101 cm³/mol. The average molecular weight is 381 g/mol. The van der Waals surface area contributed by atoms with Gasteiger partial charge in [-0.2, -0.15) is 0 Å². The van der Waals surface area contributed by atoms with E-state index >= 15 is 0 Å². The van der Waals surface area contributed by atoms with Crippen LogP contribution in [0.5, 0.6) is 5.75 Å². The molecular formula is C22H17F2NO3. The molecule has 0 radical (unpaired) electrons. The van der Waals surface area contributed by atoms with Gasteiger partial charge in [-0.15, -0.1) is 0 Å². The number of halogens is 2. The topological polar surface area (TPSA) is 55.4 Å². The fourth-order valence-electron chi connectivity index (χ4n) is 2.58. The third-order valence-electron chi connectivity index (χ3n) is 3.98. The number of esters is 1. The van der Waals surface area contributed by atoms with E-state index in [9.17, 15) is 18.4 Å². The molecule has 0 heterocycles. The molecule has 0 saturated carbocycles. The Hall–Kier alpha value is -3.54. The average Bonchev–Trinajstić information content (AvgIpc) is 2.69. The standard InChI is InChI=1S/C22H17F2NO3/c23-17-8-11-19(20(24)14-17)22(27)25-13-12-21(26)28-18-9-6-16(7-10-18)15-4-2-1-3-5-15/h1-11,14H,12-13H2,(H,25,27). The maximum atomic E-state index is 13.5. The molecule has 142 valence electrons. The molecule has 3 aromatic rings. The molecule has 0 spiro atoms. The first-order valence-electron chi connectivity index (χ1n) is 8.62. The number of amides is 1. The Bertz CT molecular complexity index is 973. The van der Waals surface area contributed by atoms with E-state index < -0.39 is 23.5 Å². The van der Waals surface area contributed by atoms with Crippen molar-refractivity contribution in [2.45, 2.75) is 6.42 Å². The Labute approximate surface area is 160 Å². The van der Waals surface area contributed by atoms with Crippen LogP contribution in [-0.2, 0) is 4.79 Å². The van der Waals surface area contributed by atoms with Gasteiger partial charge in [0.05, 0.1) is 12.0 Å². The van der Waals surface area contributed by atoms with Gasteiger partial charge in [-0.3, -0.25) is 9.59 Å². The molecule has 28 heavy (non-hydrogen) atoms. The third-order valence-corrected chi connectivity index (χ3v) is 3.98. The molecule has 0 unspecified atom stereocenters. The Kier molecular flexibility index (Phi) is 6.11. The molecule has 4 nitrogen and oxygen atoms in total. The number of hydrogen-bond donors (Lipinski definition) is 1. The van der Waals surface area contributed by atoms with E-state index in [2.05, 4.69) is 5.32 Å². The van der Waals surface area contributed by atoms with Crippen LogP contribution in [0, 0.1) is 11.6 Å². The zero-order chi connectivity index (χ0) is 19.9. The van der Waals surface area contributed by atoms with Crippen LogP contribution < -0.4 is 10.1 Å². The van der Waals surface area contributed by atoms with Crippen LogP contribution >= 0.6 is 0 Å². The molecule has 0 aliphatic heterocycles. The van der Waals surface area contributed by atoms with Gasteiger partial charge in [-0.1, -0.05) is 42.5 Å². The molecule has 3 aromatic carbocycles. The molecule has 1 N–H and O–H groups in total.